The zero-order chi connectivity index (χ0) is 19.5. The van der Waals surface area contributed by atoms with Crippen LogP contribution in [0.4, 0.5) is 4.79 Å². The molecule has 138 valence electrons. The van der Waals surface area contributed by atoms with Crippen LogP contribution in [0.1, 0.15) is 48.5 Å². The molecule has 0 radical (unpaired) electrons. The molecule has 1 aliphatic heterocycles. The van der Waals surface area contributed by atoms with E-state index in [0.717, 1.165) is 21.8 Å². The summed E-state index contributed by atoms with van der Waals surface area (Å²) in [4.78, 5) is 12.7. The minimum absolute atomic E-state index is 0.408. The van der Waals surface area contributed by atoms with Crippen LogP contribution in [0.15, 0.2) is 24.4 Å². The molecule has 0 saturated carbocycles. The van der Waals surface area contributed by atoms with Crippen LogP contribution in [-0.2, 0) is 14.0 Å². The summed E-state index contributed by atoms with van der Waals surface area (Å²) in [5.74, 6) is 0. The van der Waals surface area contributed by atoms with Gasteiger partial charge in [-0.1, -0.05) is 17.6 Å². The maximum atomic E-state index is 12.7. The van der Waals surface area contributed by atoms with Gasteiger partial charge in [0.25, 0.3) is 0 Å². The molecule has 5 nitrogen and oxygen atoms in total. The number of hydrogen-bond acceptors (Lipinski definition) is 4. The van der Waals surface area contributed by atoms with E-state index < -0.39 is 30.0 Å². The summed E-state index contributed by atoms with van der Waals surface area (Å²) in [6, 6.07) is 5.97. The second-order valence-electron chi connectivity index (χ2n) is 9.04. The molecule has 0 atom stereocenters. The highest BCUT2D eigenvalue weighted by atomic mass is 16.7. The Bertz CT molecular complexity index is 848. The van der Waals surface area contributed by atoms with Gasteiger partial charge in [0.1, 0.15) is 13.4 Å². The number of carbonyl (C=O) groups is 1. The van der Waals surface area contributed by atoms with Crippen molar-refractivity contribution in [3.63, 3.8) is 0 Å². The summed E-state index contributed by atoms with van der Waals surface area (Å²) in [6.07, 6.45) is 1.37. The van der Waals surface area contributed by atoms with Crippen LogP contribution in [-0.4, -0.2) is 42.4 Å². The number of benzene rings is 1. The number of nitrogens with zero attached hydrogens (tertiary/aromatic N) is 1. The molecule has 3 rings (SSSR count). The number of carbonyl (C=O) groups excluding carboxylic acids is 1. The summed E-state index contributed by atoms with van der Waals surface area (Å²) in [5.41, 5.74) is 1.28. The maximum Gasteiger partial charge on any atom is 0.497 e. The molecule has 0 bridgehead atoms. The van der Waals surface area contributed by atoms with Gasteiger partial charge in [0.15, 0.2) is 0 Å². The number of aromatic nitrogens is 1. The lowest BCUT2D eigenvalue weighted by Crippen LogP contribution is -2.41. The first-order chi connectivity index (χ1) is 11.8. The van der Waals surface area contributed by atoms with Gasteiger partial charge in [0.05, 0.1) is 16.7 Å². The second kappa shape index (κ2) is 5.89. The van der Waals surface area contributed by atoms with Crippen LogP contribution in [0.25, 0.3) is 10.9 Å². The van der Waals surface area contributed by atoms with Crippen molar-refractivity contribution in [2.45, 2.75) is 65.3 Å². The Balaban J connectivity index is 2.10. The highest BCUT2D eigenvalue weighted by Gasteiger charge is 2.52. The molecular weight excluding hydrogens is 328 g/mol. The smallest absolute Gasteiger partial charge is 0.443 e. The molecule has 0 amide bonds. The zero-order valence-corrected chi connectivity index (χ0v) is 17.0. The summed E-state index contributed by atoms with van der Waals surface area (Å²) in [6.45, 7) is 13.6. The van der Waals surface area contributed by atoms with Crippen molar-refractivity contribution < 1.29 is 18.8 Å². The van der Waals surface area contributed by atoms with Gasteiger partial charge in [-0.2, -0.15) is 0 Å². The molecular formula is C19H27B2NO4. The first-order valence-electron chi connectivity index (χ1n) is 9.01. The highest BCUT2D eigenvalue weighted by molar-refractivity contribution is 6.65. The van der Waals surface area contributed by atoms with Gasteiger partial charge in [-0.15, -0.1) is 0 Å². The van der Waals surface area contributed by atoms with Gasteiger partial charge in [-0.05, 0) is 59.9 Å². The van der Waals surface area contributed by atoms with E-state index in [2.05, 4.69) is 6.07 Å². The fourth-order valence-electron chi connectivity index (χ4n) is 2.99. The molecule has 7 heteroatoms. The van der Waals surface area contributed by atoms with Crippen LogP contribution in [0.5, 0.6) is 0 Å². The molecule has 1 aromatic heterocycles. The minimum Gasteiger partial charge on any atom is -0.443 e. The average Bonchev–Trinajstić information content (AvgIpc) is 2.91. The third-order valence-corrected chi connectivity index (χ3v) is 5.09. The predicted molar refractivity (Wildman–Crippen MR) is 107 cm³/mol. The number of fused-ring (bicyclic) bond motifs is 1. The first kappa shape index (κ1) is 19.1. The van der Waals surface area contributed by atoms with Crippen molar-refractivity contribution in [2.75, 3.05) is 0 Å². The SMILES string of the molecule is Bc1ccc2c(c1)c(B1OC(C)(C)C(C)(C)O1)cn2C(=O)OC(C)(C)C. The fourth-order valence-corrected chi connectivity index (χ4v) is 2.99. The third kappa shape index (κ3) is 3.30. The molecule has 0 N–H and O–H groups in total. The molecule has 1 aliphatic rings. The fraction of sp³-hybridized carbons (Fsp3) is 0.526. The first-order valence-corrected chi connectivity index (χ1v) is 9.01. The van der Waals surface area contributed by atoms with E-state index in [-0.39, 0.29) is 0 Å². The topological polar surface area (TPSA) is 49.7 Å². The van der Waals surface area contributed by atoms with Crippen LogP contribution >= 0.6 is 0 Å². The zero-order valence-electron chi connectivity index (χ0n) is 17.0. The number of ether oxygens (including phenoxy) is 1. The van der Waals surface area contributed by atoms with Gasteiger partial charge < -0.3 is 14.0 Å². The van der Waals surface area contributed by atoms with E-state index in [0.29, 0.717) is 0 Å². The van der Waals surface area contributed by atoms with Crippen molar-refractivity contribution in [2.24, 2.45) is 0 Å². The van der Waals surface area contributed by atoms with Gasteiger partial charge in [-0.25, -0.2) is 4.79 Å². The Kier molecular flexibility index (Phi) is 4.32. The van der Waals surface area contributed by atoms with Gasteiger partial charge >= 0.3 is 13.2 Å². The molecule has 2 heterocycles. The number of rotatable bonds is 1. The average molecular weight is 355 g/mol. The van der Waals surface area contributed by atoms with Crippen LogP contribution in [0.2, 0.25) is 0 Å². The molecule has 1 aromatic carbocycles. The molecule has 1 fully saturated rings. The Labute approximate surface area is 156 Å². The van der Waals surface area contributed by atoms with E-state index in [4.69, 9.17) is 14.0 Å². The third-order valence-electron chi connectivity index (χ3n) is 5.09. The van der Waals surface area contributed by atoms with E-state index in [9.17, 15) is 4.79 Å². The van der Waals surface area contributed by atoms with E-state index in [1.54, 1.807) is 10.8 Å². The Hall–Kier alpha value is -1.72. The predicted octanol–water partition coefficient (Wildman–Crippen LogP) is 1.98. The molecule has 2 aromatic rings. The number of hydrogen-bond donors (Lipinski definition) is 0. The summed E-state index contributed by atoms with van der Waals surface area (Å²) < 4.78 is 19.5. The van der Waals surface area contributed by atoms with Gasteiger partial charge in [-0.3, -0.25) is 4.57 Å². The van der Waals surface area contributed by atoms with E-state index >= 15 is 0 Å². The normalized spacial score (nSPS) is 19.1. The Morgan fingerprint density at radius 1 is 1.15 bits per heavy atom. The largest absolute Gasteiger partial charge is 0.497 e. The van der Waals surface area contributed by atoms with Gasteiger partial charge in [0, 0.05) is 11.7 Å². The monoisotopic (exact) mass is 355 g/mol. The van der Waals surface area contributed by atoms with Crippen molar-refractivity contribution >= 4 is 42.9 Å². The molecule has 26 heavy (non-hydrogen) atoms. The summed E-state index contributed by atoms with van der Waals surface area (Å²) in [7, 11) is 1.49. The highest BCUT2D eigenvalue weighted by Crippen LogP contribution is 2.37. The summed E-state index contributed by atoms with van der Waals surface area (Å²) >= 11 is 0. The van der Waals surface area contributed by atoms with Crippen LogP contribution < -0.4 is 10.9 Å². The van der Waals surface area contributed by atoms with Crippen molar-refractivity contribution in [1.29, 1.82) is 0 Å². The molecule has 0 aliphatic carbocycles. The lowest BCUT2D eigenvalue weighted by Gasteiger charge is -2.32. The minimum atomic E-state index is -0.567. The summed E-state index contributed by atoms with van der Waals surface area (Å²) in [5, 5.41) is 0.939. The van der Waals surface area contributed by atoms with E-state index in [1.807, 2.05) is 68.4 Å². The van der Waals surface area contributed by atoms with Gasteiger partial charge in [0.2, 0.25) is 0 Å². The Morgan fingerprint density at radius 2 is 1.73 bits per heavy atom. The second-order valence-corrected chi connectivity index (χ2v) is 9.04. The maximum absolute atomic E-state index is 12.7. The van der Waals surface area contributed by atoms with Crippen molar-refractivity contribution in [1.82, 2.24) is 4.57 Å². The standard InChI is InChI=1S/C19H27B2NO4/c1-17(2,3)24-16(23)22-11-14(13-10-12(20)8-9-15(13)22)21-25-18(4,5)19(6,7)26-21/h8-11H,20H2,1-7H3. The lowest BCUT2D eigenvalue weighted by molar-refractivity contribution is 0.00578. The van der Waals surface area contributed by atoms with E-state index in [1.165, 1.54) is 0 Å². The Morgan fingerprint density at radius 3 is 2.27 bits per heavy atom. The molecule has 0 unspecified atom stereocenters. The molecule has 0 spiro atoms. The van der Waals surface area contributed by atoms with Crippen LogP contribution in [0, 0.1) is 0 Å². The lowest BCUT2D eigenvalue weighted by atomic mass is 9.78. The molecule has 1 saturated heterocycles. The quantitative estimate of drug-likeness (QED) is 0.735. The van der Waals surface area contributed by atoms with Crippen molar-refractivity contribution in [3.05, 3.63) is 24.4 Å². The van der Waals surface area contributed by atoms with Crippen LogP contribution in [0.3, 0.4) is 0 Å². The van der Waals surface area contributed by atoms with Crippen molar-refractivity contribution in [3.8, 4) is 0 Å².